The maximum absolute atomic E-state index is 15.3. The lowest BCUT2D eigenvalue weighted by Crippen LogP contribution is -2.27. The number of pyridine rings is 1. The van der Waals surface area contributed by atoms with Gasteiger partial charge in [0, 0.05) is 30.8 Å². The lowest BCUT2D eigenvalue weighted by molar-refractivity contribution is 0.0951. The maximum Gasteiger partial charge on any atom is 0.253 e. The smallest absolute Gasteiger partial charge is 0.253 e. The van der Waals surface area contributed by atoms with Crippen LogP contribution in [0.3, 0.4) is 0 Å². The number of benzene rings is 2. The predicted octanol–water partition coefficient (Wildman–Crippen LogP) is 5.37. The van der Waals surface area contributed by atoms with Gasteiger partial charge in [-0.05, 0) is 67.8 Å². The van der Waals surface area contributed by atoms with Crippen molar-refractivity contribution < 1.29 is 22.4 Å². The van der Waals surface area contributed by atoms with Crippen LogP contribution in [0.4, 0.5) is 34.8 Å². The molecule has 4 rings (SSSR count). The lowest BCUT2D eigenvalue weighted by Gasteiger charge is -2.17. The predicted molar refractivity (Wildman–Crippen MR) is 129 cm³/mol. The topological polar surface area (TPSA) is 78.1 Å². The molecule has 1 fully saturated rings. The molecule has 0 aliphatic heterocycles. The number of hydrogen-bond acceptors (Lipinski definition) is 6. The average Bonchev–Trinajstić information content (AvgIpc) is 3.64. The van der Waals surface area contributed by atoms with E-state index in [1.54, 1.807) is 20.0 Å². The van der Waals surface area contributed by atoms with Crippen molar-refractivity contribution in [1.82, 2.24) is 15.0 Å². The summed E-state index contributed by atoms with van der Waals surface area (Å²) < 4.78 is 65.1. The number of anilines is 3. The van der Waals surface area contributed by atoms with Crippen LogP contribution in [0.5, 0.6) is 0 Å². The van der Waals surface area contributed by atoms with E-state index in [1.165, 1.54) is 30.5 Å². The number of nitrogens with one attached hydrogen (secondary N) is 4. The van der Waals surface area contributed by atoms with Crippen molar-refractivity contribution in [3.63, 3.8) is 0 Å². The fourth-order valence-corrected chi connectivity index (χ4v) is 3.79. The first-order valence-electron chi connectivity index (χ1n) is 10.8. The summed E-state index contributed by atoms with van der Waals surface area (Å²) in [5.74, 6) is -4.75. The molecule has 0 saturated heterocycles. The Morgan fingerprint density at radius 1 is 1.06 bits per heavy atom. The fourth-order valence-electron chi connectivity index (χ4n) is 3.45. The van der Waals surface area contributed by atoms with Crippen LogP contribution in [0.2, 0.25) is 0 Å². The zero-order valence-corrected chi connectivity index (χ0v) is 19.8. The Kier molecular flexibility index (Phi) is 7.46. The molecule has 35 heavy (non-hydrogen) atoms. The third-order valence-electron chi connectivity index (χ3n) is 5.42. The number of carbonyl (C=O) groups is 1. The zero-order chi connectivity index (χ0) is 25.1. The molecule has 0 atom stereocenters. The first kappa shape index (κ1) is 24.8. The van der Waals surface area contributed by atoms with Gasteiger partial charge >= 0.3 is 0 Å². The molecule has 184 valence electrons. The van der Waals surface area contributed by atoms with Crippen LogP contribution in [0, 0.1) is 30.2 Å². The Morgan fingerprint density at radius 3 is 2.51 bits per heavy atom. The Bertz CT molecular complexity index is 1270. The second kappa shape index (κ2) is 10.5. The number of aromatic nitrogens is 1. The molecule has 1 heterocycles. The van der Waals surface area contributed by atoms with E-state index in [2.05, 4.69) is 25.1 Å². The molecule has 3 aromatic rings. The van der Waals surface area contributed by atoms with E-state index in [1.807, 2.05) is 0 Å². The minimum atomic E-state index is -1.36. The summed E-state index contributed by atoms with van der Waals surface area (Å²) in [4.78, 5) is 16.8. The third-order valence-corrected chi connectivity index (χ3v) is 5.92. The van der Waals surface area contributed by atoms with E-state index in [9.17, 15) is 13.6 Å². The Balaban J connectivity index is 1.74. The minimum Gasteiger partial charge on any atom is -0.350 e. The van der Waals surface area contributed by atoms with Crippen molar-refractivity contribution in [2.24, 2.45) is 0 Å². The van der Waals surface area contributed by atoms with Crippen LogP contribution in [0.25, 0.3) is 0 Å². The van der Waals surface area contributed by atoms with E-state index < -0.39 is 34.9 Å². The standard InChI is InChI=1S/C24H23F4N5OS/c1-12-3-6-18(17(25)9-12)32-22-16(24(34)31-15-4-5-15)11-14(19(26)21(22)28)10-13-7-8-30-23(20(13)27)33-35-29-2/h3,6-9,11,15,29,32H,4-5,10H2,1-2H3,(H,30,33)(H,31,34). The summed E-state index contributed by atoms with van der Waals surface area (Å²) in [5, 5.41) is 5.27. The first-order chi connectivity index (χ1) is 16.8. The molecule has 1 aliphatic carbocycles. The van der Waals surface area contributed by atoms with Crippen LogP contribution >= 0.6 is 12.1 Å². The van der Waals surface area contributed by atoms with Gasteiger partial charge in [0.15, 0.2) is 23.3 Å². The van der Waals surface area contributed by atoms with Crippen LogP contribution in [-0.4, -0.2) is 24.0 Å². The van der Waals surface area contributed by atoms with E-state index in [0.717, 1.165) is 25.0 Å². The van der Waals surface area contributed by atoms with Gasteiger partial charge in [-0.15, -0.1) is 0 Å². The molecule has 0 unspecified atom stereocenters. The Hall–Kier alpha value is -3.31. The molecule has 6 nitrogen and oxygen atoms in total. The van der Waals surface area contributed by atoms with Gasteiger partial charge in [0.2, 0.25) is 0 Å². The van der Waals surface area contributed by atoms with Gasteiger partial charge in [0.1, 0.15) is 5.82 Å². The molecular weight excluding hydrogens is 482 g/mol. The highest BCUT2D eigenvalue weighted by molar-refractivity contribution is 7.98. The number of halogens is 4. The molecule has 0 radical (unpaired) electrons. The second-order valence-corrected chi connectivity index (χ2v) is 8.98. The molecule has 1 amide bonds. The van der Waals surface area contributed by atoms with Gasteiger partial charge in [-0.25, -0.2) is 27.3 Å². The fraction of sp³-hybridized carbons (Fsp3) is 0.250. The Morgan fingerprint density at radius 2 is 1.83 bits per heavy atom. The molecule has 4 N–H and O–H groups in total. The Labute approximate surface area is 204 Å². The van der Waals surface area contributed by atoms with Gasteiger partial charge < -0.3 is 10.6 Å². The van der Waals surface area contributed by atoms with E-state index in [-0.39, 0.29) is 40.7 Å². The minimum absolute atomic E-state index is 0.0522. The molecule has 11 heteroatoms. The monoisotopic (exact) mass is 505 g/mol. The first-order valence-corrected chi connectivity index (χ1v) is 11.7. The molecule has 2 aromatic carbocycles. The van der Waals surface area contributed by atoms with E-state index in [0.29, 0.717) is 5.56 Å². The normalized spacial score (nSPS) is 13.0. The summed E-state index contributed by atoms with van der Waals surface area (Å²) in [7, 11) is 1.63. The molecule has 1 aliphatic rings. The molecule has 1 aromatic heterocycles. The molecular formula is C24H23F4N5OS. The quantitative estimate of drug-likeness (QED) is 0.232. The van der Waals surface area contributed by atoms with Gasteiger partial charge in [0.05, 0.1) is 16.9 Å². The number of aryl methyl sites for hydroxylation is 1. The number of rotatable bonds is 9. The highest BCUT2D eigenvalue weighted by Crippen LogP contribution is 2.32. The number of hydrogen-bond donors (Lipinski definition) is 4. The van der Waals surface area contributed by atoms with Crippen molar-refractivity contribution in [2.75, 3.05) is 17.1 Å². The molecule has 0 spiro atoms. The summed E-state index contributed by atoms with van der Waals surface area (Å²) in [6, 6.07) is 6.67. The largest absolute Gasteiger partial charge is 0.350 e. The highest BCUT2D eigenvalue weighted by Gasteiger charge is 2.28. The van der Waals surface area contributed by atoms with Crippen LogP contribution in [-0.2, 0) is 6.42 Å². The van der Waals surface area contributed by atoms with Gasteiger partial charge in [0.25, 0.3) is 5.91 Å². The van der Waals surface area contributed by atoms with Gasteiger partial charge in [-0.3, -0.25) is 9.52 Å². The van der Waals surface area contributed by atoms with Gasteiger partial charge in [-0.1, -0.05) is 6.07 Å². The summed E-state index contributed by atoms with van der Waals surface area (Å²) in [6.45, 7) is 1.69. The van der Waals surface area contributed by atoms with Crippen LogP contribution < -0.4 is 20.1 Å². The molecule has 0 bridgehead atoms. The van der Waals surface area contributed by atoms with Crippen LogP contribution in [0.15, 0.2) is 36.5 Å². The van der Waals surface area contributed by atoms with Crippen molar-refractivity contribution >= 4 is 35.2 Å². The average molecular weight is 506 g/mol. The van der Waals surface area contributed by atoms with Crippen molar-refractivity contribution in [3.8, 4) is 0 Å². The van der Waals surface area contributed by atoms with Crippen molar-refractivity contribution in [3.05, 3.63) is 82.1 Å². The number of carbonyl (C=O) groups excluding carboxylic acids is 1. The SMILES string of the molecule is CNSNc1nccc(Cc2cc(C(=O)NC3CC3)c(Nc3ccc(C)cc3F)c(F)c2F)c1F. The number of nitrogens with zero attached hydrogens (tertiary/aromatic N) is 1. The lowest BCUT2D eigenvalue weighted by atomic mass is 9.99. The van der Waals surface area contributed by atoms with Crippen molar-refractivity contribution in [1.29, 1.82) is 0 Å². The number of amides is 1. The van der Waals surface area contributed by atoms with E-state index >= 15 is 8.78 Å². The third kappa shape index (κ3) is 5.68. The highest BCUT2D eigenvalue weighted by atomic mass is 32.2. The summed E-state index contributed by atoms with van der Waals surface area (Å²) in [5.41, 5.74) is -0.338. The summed E-state index contributed by atoms with van der Waals surface area (Å²) in [6.07, 6.45) is 2.56. The summed E-state index contributed by atoms with van der Waals surface area (Å²) >= 11 is 0.990. The van der Waals surface area contributed by atoms with Crippen LogP contribution in [0.1, 0.15) is 39.9 Å². The van der Waals surface area contributed by atoms with E-state index in [4.69, 9.17) is 0 Å². The molecule has 1 saturated carbocycles. The second-order valence-electron chi connectivity index (χ2n) is 8.16. The zero-order valence-electron chi connectivity index (χ0n) is 18.9. The van der Waals surface area contributed by atoms with Crippen molar-refractivity contribution in [2.45, 2.75) is 32.2 Å². The van der Waals surface area contributed by atoms with Gasteiger partial charge in [-0.2, -0.15) is 0 Å². The maximum atomic E-state index is 15.3.